The van der Waals surface area contributed by atoms with Gasteiger partial charge in [0.25, 0.3) is 0 Å². The van der Waals surface area contributed by atoms with Crippen molar-refractivity contribution >= 4 is 27.5 Å². The highest BCUT2D eigenvalue weighted by atomic mass is 79.9. The van der Waals surface area contributed by atoms with Gasteiger partial charge >= 0.3 is 0 Å². The van der Waals surface area contributed by atoms with Crippen LogP contribution >= 0.6 is 15.9 Å². The summed E-state index contributed by atoms with van der Waals surface area (Å²) in [4.78, 5) is 11.8. The van der Waals surface area contributed by atoms with E-state index in [4.69, 9.17) is 0 Å². The molecule has 5 heteroatoms. The Morgan fingerprint density at radius 2 is 1.90 bits per heavy atom. The normalized spacial score (nSPS) is 17.1. The summed E-state index contributed by atoms with van der Waals surface area (Å²) in [5.74, 6) is -0.0570. The number of carbonyl (C=O) groups is 1. The van der Waals surface area contributed by atoms with Gasteiger partial charge in [-0.1, -0.05) is 28.8 Å². The lowest BCUT2D eigenvalue weighted by Crippen LogP contribution is -2.38. The Morgan fingerprint density at radius 3 is 2.50 bits per heavy atom. The highest BCUT2D eigenvalue weighted by Gasteiger charge is 2.32. The predicted octanol–water partition coefficient (Wildman–Crippen LogP) is 2.53. The van der Waals surface area contributed by atoms with E-state index in [2.05, 4.69) is 26.6 Å². The fourth-order valence-corrected chi connectivity index (χ4v) is 2.96. The number of amides is 1. The van der Waals surface area contributed by atoms with Crippen molar-refractivity contribution in [3.05, 3.63) is 28.7 Å². The molecule has 4 nitrogen and oxygen atoms in total. The molecule has 0 atom stereocenters. The number of rotatable bonds is 6. The monoisotopic (exact) mass is 340 g/mol. The summed E-state index contributed by atoms with van der Waals surface area (Å²) in [6, 6.07) is 7.49. The first-order valence-corrected chi connectivity index (χ1v) is 7.80. The maximum absolute atomic E-state index is 11.8. The predicted molar refractivity (Wildman–Crippen MR) is 83.6 cm³/mol. The summed E-state index contributed by atoms with van der Waals surface area (Å²) in [6.45, 7) is 1.18. The lowest BCUT2D eigenvalue weighted by Gasteiger charge is -2.26. The van der Waals surface area contributed by atoms with Crippen LogP contribution in [0.4, 0.5) is 5.69 Å². The van der Waals surface area contributed by atoms with Crippen molar-refractivity contribution in [3.63, 3.8) is 0 Å². The number of aliphatic hydroxyl groups excluding tert-OH is 1. The van der Waals surface area contributed by atoms with Crippen LogP contribution in [-0.2, 0) is 4.79 Å². The molecule has 1 aromatic carbocycles. The number of anilines is 1. The van der Waals surface area contributed by atoms with E-state index in [1.807, 2.05) is 24.3 Å². The average Bonchev–Trinajstić information content (AvgIpc) is 2.91. The van der Waals surface area contributed by atoms with E-state index in [1.165, 1.54) is 12.8 Å². The molecular formula is C15H21BrN2O2. The van der Waals surface area contributed by atoms with Crippen LogP contribution in [0.3, 0.4) is 0 Å². The zero-order valence-corrected chi connectivity index (χ0v) is 13.1. The van der Waals surface area contributed by atoms with Gasteiger partial charge < -0.3 is 15.7 Å². The van der Waals surface area contributed by atoms with E-state index in [0.29, 0.717) is 6.54 Å². The first-order chi connectivity index (χ1) is 9.63. The van der Waals surface area contributed by atoms with E-state index < -0.39 is 0 Å². The van der Waals surface area contributed by atoms with Gasteiger partial charge in [0.15, 0.2) is 0 Å². The maximum Gasteiger partial charge on any atom is 0.238 e. The van der Waals surface area contributed by atoms with Crippen molar-refractivity contribution in [1.29, 1.82) is 0 Å². The fraction of sp³-hybridized carbons (Fsp3) is 0.533. The largest absolute Gasteiger partial charge is 0.396 e. The number of hydrogen-bond donors (Lipinski definition) is 3. The number of aliphatic hydroxyl groups is 1. The number of benzene rings is 1. The molecule has 0 spiro atoms. The highest BCUT2D eigenvalue weighted by Crippen LogP contribution is 2.36. The first kappa shape index (κ1) is 15.5. The summed E-state index contributed by atoms with van der Waals surface area (Å²) in [5.41, 5.74) is 0.774. The number of carbonyl (C=O) groups excluding carboxylic acids is 1. The van der Waals surface area contributed by atoms with Gasteiger partial charge in [-0.05, 0) is 37.1 Å². The van der Waals surface area contributed by atoms with Gasteiger partial charge in [-0.15, -0.1) is 0 Å². The first-order valence-electron chi connectivity index (χ1n) is 7.01. The van der Waals surface area contributed by atoms with Gasteiger partial charge in [-0.25, -0.2) is 0 Å². The third kappa shape index (κ3) is 4.30. The lowest BCUT2D eigenvalue weighted by molar-refractivity contribution is -0.115. The molecule has 0 unspecified atom stereocenters. The van der Waals surface area contributed by atoms with Crippen LogP contribution in [0, 0.1) is 5.41 Å². The summed E-state index contributed by atoms with van der Waals surface area (Å²) in [7, 11) is 0. The molecule has 0 aliphatic heterocycles. The molecule has 1 aliphatic rings. The van der Waals surface area contributed by atoms with E-state index >= 15 is 0 Å². The minimum absolute atomic E-state index is 0.0160. The van der Waals surface area contributed by atoms with E-state index in [1.54, 1.807) is 0 Å². The molecule has 1 amide bonds. The Balaban J connectivity index is 1.73. The van der Waals surface area contributed by atoms with Gasteiger partial charge in [-0.2, -0.15) is 0 Å². The van der Waals surface area contributed by atoms with Crippen LogP contribution in [0.5, 0.6) is 0 Å². The van der Waals surface area contributed by atoms with Crippen molar-refractivity contribution < 1.29 is 9.90 Å². The van der Waals surface area contributed by atoms with Crippen molar-refractivity contribution in [3.8, 4) is 0 Å². The molecule has 1 aliphatic carbocycles. The van der Waals surface area contributed by atoms with Crippen LogP contribution in [-0.4, -0.2) is 30.7 Å². The molecule has 1 saturated carbocycles. The second kappa shape index (κ2) is 7.20. The van der Waals surface area contributed by atoms with Crippen LogP contribution in [0.2, 0.25) is 0 Å². The topological polar surface area (TPSA) is 61.4 Å². The molecule has 0 saturated heterocycles. The van der Waals surface area contributed by atoms with Crippen molar-refractivity contribution in [2.45, 2.75) is 25.7 Å². The number of hydrogen-bond acceptors (Lipinski definition) is 3. The molecule has 0 radical (unpaired) electrons. The van der Waals surface area contributed by atoms with Gasteiger partial charge in [0.1, 0.15) is 0 Å². The highest BCUT2D eigenvalue weighted by molar-refractivity contribution is 9.10. The van der Waals surface area contributed by atoms with Gasteiger partial charge in [0.2, 0.25) is 5.91 Å². The average molecular weight is 341 g/mol. The minimum Gasteiger partial charge on any atom is -0.396 e. The van der Waals surface area contributed by atoms with Gasteiger partial charge in [0.05, 0.1) is 6.54 Å². The maximum atomic E-state index is 11.8. The fourth-order valence-electron chi connectivity index (χ4n) is 2.70. The van der Waals surface area contributed by atoms with Crippen LogP contribution in [0.15, 0.2) is 28.7 Å². The van der Waals surface area contributed by atoms with Crippen LogP contribution < -0.4 is 10.6 Å². The van der Waals surface area contributed by atoms with E-state index in [0.717, 1.165) is 23.0 Å². The zero-order valence-electron chi connectivity index (χ0n) is 11.5. The molecule has 0 heterocycles. The summed E-state index contributed by atoms with van der Waals surface area (Å²) >= 11 is 3.36. The summed E-state index contributed by atoms with van der Waals surface area (Å²) in [6.07, 6.45) is 4.44. The van der Waals surface area contributed by atoms with Gasteiger partial charge in [-0.3, -0.25) is 4.79 Å². The third-order valence-electron chi connectivity index (χ3n) is 3.91. The molecule has 110 valence electrons. The smallest absolute Gasteiger partial charge is 0.238 e. The van der Waals surface area contributed by atoms with Crippen molar-refractivity contribution in [1.82, 2.24) is 5.32 Å². The van der Waals surface area contributed by atoms with Crippen molar-refractivity contribution in [2.75, 3.05) is 25.0 Å². The third-order valence-corrected chi connectivity index (χ3v) is 4.44. The lowest BCUT2D eigenvalue weighted by atomic mass is 9.87. The van der Waals surface area contributed by atoms with Crippen LogP contribution in [0.25, 0.3) is 0 Å². The molecular weight excluding hydrogens is 320 g/mol. The Labute approximate surface area is 128 Å². The summed E-state index contributed by atoms with van der Waals surface area (Å²) < 4.78 is 0.986. The molecule has 0 aromatic heterocycles. The SMILES string of the molecule is O=C(CNCC1(CO)CCCC1)Nc1ccc(Br)cc1. The Hall–Kier alpha value is -0.910. The second-order valence-electron chi connectivity index (χ2n) is 5.52. The van der Waals surface area contributed by atoms with E-state index in [-0.39, 0.29) is 24.5 Å². The Bertz CT molecular complexity index is 442. The molecule has 0 bridgehead atoms. The molecule has 1 fully saturated rings. The van der Waals surface area contributed by atoms with Crippen molar-refractivity contribution in [2.24, 2.45) is 5.41 Å². The molecule has 2 rings (SSSR count). The second-order valence-corrected chi connectivity index (χ2v) is 6.44. The summed E-state index contributed by atoms with van der Waals surface area (Å²) in [5, 5.41) is 15.5. The quantitative estimate of drug-likeness (QED) is 0.745. The van der Waals surface area contributed by atoms with Gasteiger partial charge in [0, 0.05) is 28.7 Å². The number of nitrogens with one attached hydrogen (secondary N) is 2. The molecule has 3 N–H and O–H groups in total. The standard InChI is InChI=1S/C15H21BrN2O2/c16-12-3-5-13(6-4-12)18-14(20)9-17-10-15(11-19)7-1-2-8-15/h3-6,17,19H,1-2,7-11H2,(H,18,20). The minimum atomic E-state index is -0.0570. The Kier molecular flexibility index (Phi) is 5.57. The zero-order chi connectivity index (χ0) is 14.4. The molecule has 1 aromatic rings. The van der Waals surface area contributed by atoms with Crippen LogP contribution in [0.1, 0.15) is 25.7 Å². The molecule has 20 heavy (non-hydrogen) atoms. The Morgan fingerprint density at radius 1 is 1.25 bits per heavy atom. The van der Waals surface area contributed by atoms with E-state index in [9.17, 15) is 9.90 Å². The number of halogens is 1.